The molecule has 1 atom stereocenters. The summed E-state index contributed by atoms with van der Waals surface area (Å²) < 4.78 is 40.2. The minimum Gasteiger partial charge on any atom is -0.497 e. The highest BCUT2D eigenvalue weighted by Gasteiger charge is 2.38. The Morgan fingerprint density at radius 3 is 2.28 bits per heavy atom. The van der Waals surface area contributed by atoms with Crippen LogP contribution in [-0.4, -0.2) is 32.8 Å². The lowest BCUT2D eigenvalue weighted by molar-refractivity contribution is 0.371. The zero-order chi connectivity index (χ0) is 22.9. The molecule has 32 heavy (non-hydrogen) atoms. The molecule has 0 amide bonds. The Morgan fingerprint density at radius 2 is 1.66 bits per heavy atom. The van der Waals surface area contributed by atoms with Crippen molar-refractivity contribution in [2.45, 2.75) is 24.3 Å². The molecule has 0 aromatic heterocycles. The molecule has 3 aromatic carbocycles. The number of rotatable bonds is 6. The number of sulfonamides is 1. The lowest BCUT2D eigenvalue weighted by atomic mass is 9.98. The standard InChI is InChI=1S/C24H23BrN2O4S/c1-16-4-11-20(12-5-16)32(28,29)27-23(17-6-8-18(25)9-7-17)15-22(26-27)21-14-19(30-2)10-13-24(21)31-3/h4-14,23H,15H2,1-3H3. The van der Waals surface area contributed by atoms with Gasteiger partial charge in [-0.1, -0.05) is 45.8 Å². The molecular formula is C24H23BrN2O4S. The monoisotopic (exact) mass is 514 g/mol. The van der Waals surface area contributed by atoms with Gasteiger partial charge in [0.05, 0.1) is 30.9 Å². The Labute approximate surface area is 196 Å². The third-order valence-corrected chi connectivity index (χ3v) is 7.64. The van der Waals surface area contributed by atoms with E-state index in [1.165, 1.54) is 4.41 Å². The first-order valence-electron chi connectivity index (χ1n) is 10.00. The highest BCUT2D eigenvalue weighted by Crippen LogP contribution is 2.39. The van der Waals surface area contributed by atoms with Crippen LogP contribution in [0.25, 0.3) is 0 Å². The van der Waals surface area contributed by atoms with E-state index in [-0.39, 0.29) is 4.90 Å². The van der Waals surface area contributed by atoms with E-state index in [1.54, 1.807) is 50.6 Å². The molecule has 0 saturated heterocycles. The summed E-state index contributed by atoms with van der Waals surface area (Å²) in [5.41, 5.74) is 3.16. The fourth-order valence-corrected chi connectivity index (χ4v) is 5.36. The summed E-state index contributed by atoms with van der Waals surface area (Å²) >= 11 is 3.44. The SMILES string of the molecule is COc1ccc(OC)c(C2=NN(S(=O)(=O)c3ccc(C)cc3)C(c3ccc(Br)cc3)C2)c1. The predicted octanol–water partition coefficient (Wildman–Crippen LogP) is 5.31. The Bertz CT molecular complexity index is 1260. The maximum absolute atomic E-state index is 13.6. The number of benzene rings is 3. The molecule has 0 radical (unpaired) electrons. The molecule has 1 unspecified atom stereocenters. The second kappa shape index (κ2) is 8.96. The van der Waals surface area contributed by atoms with Crippen LogP contribution in [0.15, 0.2) is 81.2 Å². The van der Waals surface area contributed by atoms with Gasteiger partial charge in [-0.25, -0.2) is 0 Å². The van der Waals surface area contributed by atoms with Crippen LogP contribution in [0.1, 0.15) is 29.2 Å². The molecule has 6 nitrogen and oxygen atoms in total. The zero-order valence-electron chi connectivity index (χ0n) is 17.9. The van der Waals surface area contributed by atoms with Crippen LogP contribution in [0, 0.1) is 6.92 Å². The van der Waals surface area contributed by atoms with Crippen LogP contribution in [0.4, 0.5) is 0 Å². The Hall–Kier alpha value is -2.84. The van der Waals surface area contributed by atoms with Crippen LogP contribution >= 0.6 is 15.9 Å². The number of ether oxygens (including phenoxy) is 2. The smallest absolute Gasteiger partial charge is 0.279 e. The summed E-state index contributed by atoms with van der Waals surface area (Å²) in [7, 11) is -0.716. The van der Waals surface area contributed by atoms with Gasteiger partial charge in [0.15, 0.2) is 0 Å². The molecule has 1 aliphatic rings. The average Bonchev–Trinajstić information content (AvgIpc) is 3.25. The van der Waals surface area contributed by atoms with Crippen LogP contribution in [0.5, 0.6) is 11.5 Å². The maximum Gasteiger partial charge on any atom is 0.279 e. The van der Waals surface area contributed by atoms with Gasteiger partial charge in [-0.15, -0.1) is 0 Å². The molecule has 4 rings (SSSR count). The Kier molecular flexibility index (Phi) is 6.26. The number of methoxy groups -OCH3 is 2. The average molecular weight is 515 g/mol. The minimum atomic E-state index is -3.88. The third-order valence-electron chi connectivity index (χ3n) is 5.41. The molecule has 0 bridgehead atoms. The summed E-state index contributed by atoms with van der Waals surface area (Å²) in [6.07, 6.45) is 0.399. The molecule has 8 heteroatoms. The van der Waals surface area contributed by atoms with Crippen molar-refractivity contribution in [3.63, 3.8) is 0 Å². The molecule has 0 saturated carbocycles. The first-order chi connectivity index (χ1) is 15.3. The Balaban J connectivity index is 1.84. The fraction of sp³-hybridized carbons (Fsp3) is 0.208. The first-order valence-corrected chi connectivity index (χ1v) is 12.2. The molecule has 1 heterocycles. The maximum atomic E-state index is 13.6. The van der Waals surface area contributed by atoms with E-state index in [0.717, 1.165) is 15.6 Å². The molecule has 166 valence electrons. The van der Waals surface area contributed by atoms with E-state index in [1.807, 2.05) is 37.3 Å². The summed E-state index contributed by atoms with van der Waals surface area (Å²) in [5.74, 6) is 1.25. The van der Waals surface area contributed by atoms with Gasteiger partial charge in [-0.05, 0) is 55.0 Å². The highest BCUT2D eigenvalue weighted by atomic mass is 79.9. The molecule has 1 aliphatic heterocycles. The number of nitrogens with zero attached hydrogens (tertiary/aromatic N) is 2. The lowest BCUT2D eigenvalue weighted by Crippen LogP contribution is -2.27. The quantitative estimate of drug-likeness (QED) is 0.446. The van der Waals surface area contributed by atoms with Gasteiger partial charge in [0.2, 0.25) is 0 Å². The van der Waals surface area contributed by atoms with Crippen LogP contribution in [0.2, 0.25) is 0 Å². The largest absolute Gasteiger partial charge is 0.497 e. The van der Waals surface area contributed by atoms with E-state index < -0.39 is 16.1 Å². The molecule has 0 fully saturated rings. The van der Waals surface area contributed by atoms with Crippen molar-refractivity contribution in [3.05, 3.63) is 87.9 Å². The summed E-state index contributed by atoms with van der Waals surface area (Å²) in [6, 6.07) is 19.3. The van der Waals surface area contributed by atoms with Gasteiger partial charge < -0.3 is 9.47 Å². The van der Waals surface area contributed by atoms with Crippen molar-refractivity contribution >= 4 is 31.7 Å². The van der Waals surface area contributed by atoms with E-state index in [4.69, 9.17) is 9.47 Å². The number of halogens is 1. The van der Waals surface area contributed by atoms with Crippen molar-refractivity contribution in [1.29, 1.82) is 0 Å². The van der Waals surface area contributed by atoms with E-state index in [9.17, 15) is 8.42 Å². The van der Waals surface area contributed by atoms with Gasteiger partial charge in [-0.2, -0.15) is 17.9 Å². The molecule has 0 spiro atoms. The molecular weight excluding hydrogens is 492 g/mol. The topological polar surface area (TPSA) is 68.2 Å². The summed E-state index contributed by atoms with van der Waals surface area (Å²) in [6.45, 7) is 1.92. The number of hydrazone groups is 1. The summed E-state index contributed by atoms with van der Waals surface area (Å²) in [4.78, 5) is 0.202. The van der Waals surface area contributed by atoms with Gasteiger partial charge >= 0.3 is 0 Å². The normalized spacial score (nSPS) is 16.1. The Morgan fingerprint density at radius 1 is 0.969 bits per heavy atom. The fourth-order valence-electron chi connectivity index (χ4n) is 3.66. The zero-order valence-corrected chi connectivity index (χ0v) is 20.4. The molecule has 0 N–H and O–H groups in total. The van der Waals surface area contributed by atoms with E-state index in [2.05, 4.69) is 21.0 Å². The van der Waals surface area contributed by atoms with Crippen molar-refractivity contribution < 1.29 is 17.9 Å². The van der Waals surface area contributed by atoms with Crippen molar-refractivity contribution in [2.24, 2.45) is 5.10 Å². The van der Waals surface area contributed by atoms with Crippen molar-refractivity contribution in [1.82, 2.24) is 4.41 Å². The third kappa shape index (κ3) is 4.25. The van der Waals surface area contributed by atoms with Crippen LogP contribution in [-0.2, 0) is 10.0 Å². The van der Waals surface area contributed by atoms with Crippen molar-refractivity contribution in [3.8, 4) is 11.5 Å². The van der Waals surface area contributed by atoms with Crippen molar-refractivity contribution in [2.75, 3.05) is 14.2 Å². The number of hydrogen-bond acceptors (Lipinski definition) is 5. The second-order valence-corrected chi connectivity index (χ2v) is 10.2. The second-order valence-electron chi connectivity index (χ2n) is 7.48. The first kappa shape index (κ1) is 22.4. The molecule has 3 aromatic rings. The lowest BCUT2D eigenvalue weighted by Gasteiger charge is -2.23. The summed E-state index contributed by atoms with van der Waals surface area (Å²) in [5, 5.41) is 4.61. The van der Waals surface area contributed by atoms with Crippen LogP contribution in [0.3, 0.4) is 0 Å². The predicted molar refractivity (Wildman–Crippen MR) is 128 cm³/mol. The number of aryl methyl sites for hydroxylation is 1. The van der Waals surface area contributed by atoms with Gasteiger partial charge in [0.25, 0.3) is 10.0 Å². The number of hydrogen-bond donors (Lipinski definition) is 0. The van der Waals surface area contributed by atoms with E-state index in [0.29, 0.717) is 29.2 Å². The molecule has 0 aliphatic carbocycles. The van der Waals surface area contributed by atoms with Gasteiger partial charge in [0.1, 0.15) is 11.5 Å². The minimum absolute atomic E-state index is 0.202. The van der Waals surface area contributed by atoms with Gasteiger partial charge in [0, 0.05) is 16.5 Å². The van der Waals surface area contributed by atoms with E-state index >= 15 is 0 Å². The van der Waals surface area contributed by atoms with Gasteiger partial charge in [-0.3, -0.25) is 0 Å². The van der Waals surface area contributed by atoms with Crippen LogP contribution < -0.4 is 9.47 Å². The highest BCUT2D eigenvalue weighted by molar-refractivity contribution is 9.10.